The second kappa shape index (κ2) is 4.40. The van der Waals surface area contributed by atoms with E-state index in [9.17, 15) is 14.7 Å². The molecule has 1 amide bonds. The fourth-order valence-corrected chi connectivity index (χ4v) is 1.82. The van der Waals surface area contributed by atoms with Crippen LogP contribution >= 0.6 is 0 Å². The normalized spacial score (nSPS) is 15.4. The van der Waals surface area contributed by atoms with Gasteiger partial charge >= 0.3 is 5.97 Å². The van der Waals surface area contributed by atoms with Crippen LogP contribution in [0.5, 0.6) is 5.75 Å². The van der Waals surface area contributed by atoms with E-state index in [1.807, 2.05) is 0 Å². The van der Waals surface area contributed by atoms with Crippen molar-refractivity contribution in [3.63, 3.8) is 0 Å². The number of amides is 1. The molecule has 1 aliphatic rings. The van der Waals surface area contributed by atoms with Gasteiger partial charge in [-0.15, -0.1) is 0 Å². The Balaban J connectivity index is 1.96. The summed E-state index contributed by atoms with van der Waals surface area (Å²) in [6.07, 6.45) is 1.50. The Morgan fingerprint density at radius 3 is 2.76 bits per heavy atom. The highest BCUT2D eigenvalue weighted by molar-refractivity contribution is 5.95. The zero-order chi connectivity index (χ0) is 12.4. The largest absolute Gasteiger partial charge is 0.505 e. The lowest BCUT2D eigenvalue weighted by molar-refractivity contribution is -0.139. The molecular weight excluding hydrogens is 224 g/mol. The van der Waals surface area contributed by atoms with Gasteiger partial charge in [0.1, 0.15) is 5.75 Å². The number of aliphatic carboxylic acids is 1. The molecule has 0 spiro atoms. The molecule has 90 valence electrons. The van der Waals surface area contributed by atoms with Crippen molar-refractivity contribution in [2.24, 2.45) is 5.92 Å². The van der Waals surface area contributed by atoms with E-state index in [0.29, 0.717) is 13.1 Å². The first-order valence-corrected chi connectivity index (χ1v) is 5.23. The van der Waals surface area contributed by atoms with E-state index in [1.165, 1.54) is 23.2 Å². The maximum atomic E-state index is 11.8. The molecule has 6 nitrogen and oxygen atoms in total. The summed E-state index contributed by atoms with van der Waals surface area (Å²) < 4.78 is 0. The number of pyridine rings is 1. The Bertz CT molecular complexity index is 455. The maximum absolute atomic E-state index is 11.8. The number of hydrogen-bond donors (Lipinski definition) is 2. The molecule has 1 saturated heterocycles. The number of aromatic nitrogens is 1. The molecule has 2 rings (SSSR count). The van der Waals surface area contributed by atoms with Gasteiger partial charge in [-0.25, -0.2) is 4.98 Å². The molecule has 0 atom stereocenters. The van der Waals surface area contributed by atoms with Gasteiger partial charge in [0.2, 0.25) is 0 Å². The van der Waals surface area contributed by atoms with E-state index >= 15 is 0 Å². The van der Waals surface area contributed by atoms with E-state index < -0.39 is 5.97 Å². The van der Waals surface area contributed by atoms with E-state index in [-0.39, 0.29) is 29.7 Å². The van der Waals surface area contributed by atoms with Gasteiger partial charge < -0.3 is 15.1 Å². The average Bonchev–Trinajstić information content (AvgIpc) is 2.22. The number of hydrogen-bond acceptors (Lipinski definition) is 4. The molecule has 0 unspecified atom stereocenters. The molecule has 0 aliphatic carbocycles. The lowest BCUT2D eigenvalue weighted by atomic mass is 9.96. The second-order valence-corrected chi connectivity index (χ2v) is 4.05. The molecule has 0 bridgehead atoms. The molecule has 1 aromatic rings. The number of likely N-dealkylation sites (tertiary alicyclic amines) is 1. The van der Waals surface area contributed by atoms with Crippen molar-refractivity contribution in [1.29, 1.82) is 0 Å². The molecule has 0 radical (unpaired) electrons. The minimum absolute atomic E-state index is 0.00213. The summed E-state index contributed by atoms with van der Waals surface area (Å²) in [5.41, 5.74) is 0.0151. The Hall–Kier alpha value is -2.11. The molecule has 17 heavy (non-hydrogen) atoms. The summed E-state index contributed by atoms with van der Waals surface area (Å²) in [5, 5.41) is 18.0. The number of carboxylic acid groups (broad SMARTS) is 1. The van der Waals surface area contributed by atoms with Crippen LogP contribution in [0.1, 0.15) is 16.9 Å². The first kappa shape index (κ1) is 11.4. The van der Waals surface area contributed by atoms with E-state index in [1.54, 1.807) is 0 Å². The number of carboxylic acids is 1. The zero-order valence-electron chi connectivity index (χ0n) is 9.04. The molecule has 2 N–H and O–H groups in total. The Kier molecular flexibility index (Phi) is 2.95. The van der Waals surface area contributed by atoms with Crippen LogP contribution in [0.4, 0.5) is 0 Å². The van der Waals surface area contributed by atoms with Crippen molar-refractivity contribution < 1.29 is 19.8 Å². The van der Waals surface area contributed by atoms with E-state index in [2.05, 4.69) is 4.98 Å². The van der Waals surface area contributed by atoms with Crippen molar-refractivity contribution in [3.8, 4) is 5.75 Å². The summed E-state index contributed by atoms with van der Waals surface area (Å²) in [4.78, 5) is 27.6. The topological polar surface area (TPSA) is 90.7 Å². The van der Waals surface area contributed by atoms with Gasteiger partial charge in [0.05, 0.1) is 6.42 Å². The summed E-state index contributed by atoms with van der Waals surface area (Å²) in [6, 6.07) is 2.93. The van der Waals surface area contributed by atoms with Crippen molar-refractivity contribution in [1.82, 2.24) is 9.88 Å². The summed E-state index contributed by atoms with van der Waals surface area (Å²) in [6.45, 7) is 0.808. The van der Waals surface area contributed by atoms with Crippen LogP contribution in [0, 0.1) is 5.92 Å². The highest BCUT2D eigenvalue weighted by Gasteiger charge is 2.33. The highest BCUT2D eigenvalue weighted by Crippen LogP contribution is 2.23. The van der Waals surface area contributed by atoms with Crippen LogP contribution in [0.2, 0.25) is 0 Å². The van der Waals surface area contributed by atoms with Crippen LogP contribution in [0.15, 0.2) is 18.3 Å². The lowest BCUT2D eigenvalue weighted by Crippen LogP contribution is -2.50. The van der Waals surface area contributed by atoms with Crippen LogP contribution < -0.4 is 0 Å². The van der Waals surface area contributed by atoms with Crippen LogP contribution in [-0.4, -0.2) is 45.1 Å². The van der Waals surface area contributed by atoms with Crippen LogP contribution in [0.25, 0.3) is 0 Å². The zero-order valence-corrected chi connectivity index (χ0v) is 9.04. The quantitative estimate of drug-likeness (QED) is 0.789. The monoisotopic (exact) mass is 236 g/mol. The van der Waals surface area contributed by atoms with Crippen molar-refractivity contribution in [2.45, 2.75) is 6.42 Å². The SMILES string of the molecule is O=C(O)CC1CN(C(=O)c2ncccc2O)C1. The molecule has 6 heteroatoms. The van der Waals surface area contributed by atoms with Crippen molar-refractivity contribution in [2.75, 3.05) is 13.1 Å². The average molecular weight is 236 g/mol. The standard InChI is InChI=1S/C11H12N2O4/c14-8-2-1-3-12-10(8)11(17)13-5-7(6-13)4-9(15)16/h1-3,7,14H,4-6H2,(H,15,16). The third-order valence-electron chi connectivity index (χ3n) is 2.70. The van der Waals surface area contributed by atoms with Gasteiger partial charge in [-0.05, 0) is 12.1 Å². The van der Waals surface area contributed by atoms with Crippen molar-refractivity contribution >= 4 is 11.9 Å². The van der Waals surface area contributed by atoms with Gasteiger partial charge in [-0.3, -0.25) is 9.59 Å². The molecule has 2 heterocycles. The minimum Gasteiger partial charge on any atom is -0.505 e. The van der Waals surface area contributed by atoms with Gasteiger partial charge in [-0.2, -0.15) is 0 Å². The third-order valence-corrected chi connectivity index (χ3v) is 2.70. The number of carbonyl (C=O) groups excluding carboxylic acids is 1. The summed E-state index contributed by atoms with van der Waals surface area (Å²) >= 11 is 0. The predicted molar refractivity (Wildman–Crippen MR) is 57.5 cm³/mol. The van der Waals surface area contributed by atoms with E-state index in [4.69, 9.17) is 5.11 Å². The van der Waals surface area contributed by atoms with Gasteiger partial charge in [0, 0.05) is 25.2 Å². The number of carbonyl (C=O) groups is 2. The van der Waals surface area contributed by atoms with Gasteiger partial charge in [0.25, 0.3) is 5.91 Å². The number of aromatic hydroxyl groups is 1. The fraction of sp³-hybridized carbons (Fsp3) is 0.364. The minimum atomic E-state index is -0.859. The van der Waals surface area contributed by atoms with Crippen LogP contribution in [-0.2, 0) is 4.79 Å². The van der Waals surface area contributed by atoms with Gasteiger partial charge in [0.15, 0.2) is 5.69 Å². The molecule has 1 aliphatic heterocycles. The number of nitrogens with zero attached hydrogens (tertiary/aromatic N) is 2. The Morgan fingerprint density at radius 1 is 1.47 bits per heavy atom. The molecule has 1 fully saturated rings. The second-order valence-electron chi connectivity index (χ2n) is 4.05. The van der Waals surface area contributed by atoms with Gasteiger partial charge in [-0.1, -0.05) is 0 Å². The smallest absolute Gasteiger partial charge is 0.303 e. The molecule has 0 saturated carbocycles. The summed E-state index contributed by atoms with van der Waals surface area (Å²) in [7, 11) is 0. The molecule has 0 aromatic carbocycles. The van der Waals surface area contributed by atoms with Crippen LogP contribution in [0.3, 0.4) is 0 Å². The first-order chi connectivity index (χ1) is 8.08. The fourth-order valence-electron chi connectivity index (χ4n) is 1.82. The first-order valence-electron chi connectivity index (χ1n) is 5.23. The lowest BCUT2D eigenvalue weighted by Gasteiger charge is -2.38. The maximum Gasteiger partial charge on any atom is 0.303 e. The Morgan fingerprint density at radius 2 is 2.18 bits per heavy atom. The van der Waals surface area contributed by atoms with Crippen molar-refractivity contribution in [3.05, 3.63) is 24.0 Å². The predicted octanol–water partition coefficient (Wildman–Crippen LogP) is 0.334. The Labute approximate surface area is 97.5 Å². The third kappa shape index (κ3) is 2.35. The summed E-state index contributed by atoms with van der Waals surface area (Å²) in [5.74, 6) is -1.37. The molecule has 1 aromatic heterocycles. The highest BCUT2D eigenvalue weighted by atomic mass is 16.4. The van der Waals surface area contributed by atoms with E-state index in [0.717, 1.165) is 0 Å². The number of rotatable bonds is 3. The molecular formula is C11H12N2O4.